The molecule has 0 amide bonds. The van der Waals surface area contributed by atoms with E-state index in [1.807, 2.05) is 13.8 Å². The van der Waals surface area contributed by atoms with Gasteiger partial charge in [-0.05, 0) is 49.1 Å². The molecule has 2 unspecified atom stereocenters. The van der Waals surface area contributed by atoms with Crippen LogP contribution in [0.3, 0.4) is 0 Å². The average Bonchev–Trinajstić information content (AvgIpc) is 3.11. The molecule has 9 heteroatoms. The van der Waals surface area contributed by atoms with Crippen molar-refractivity contribution in [3.8, 4) is 17.0 Å². The zero-order valence-corrected chi connectivity index (χ0v) is 16.1. The second-order valence-electron chi connectivity index (χ2n) is 7.27. The minimum atomic E-state index is -4.59. The first-order chi connectivity index (χ1) is 13.7. The molecular formula is C20H22F4N4O. The lowest BCUT2D eigenvalue weighted by atomic mass is 9.98. The molecule has 0 fully saturated rings. The van der Waals surface area contributed by atoms with Crippen LogP contribution in [-0.4, -0.2) is 27.7 Å². The minimum absolute atomic E-state index is 0.0263. The standard InChI is InChI=1S/C20H22F4N4O/c1-12(10-25)7-13(2)11-29-17-4-3-14(8-15(17)21)16-5-6-26-19-9-18(20(22,23)24)27-28(16)19/h3-6,8-9,12-13H,7,10-11,25H2,1-2H3. The zero-order valence-electron chi connectivity index (χ0n) is 16.1. The van der Waals surface area contributed by atoms with Gasteiger partial charge in [-0.15, -0.1) is 0 Å². The Balaban J connectivity index is 1.82. The van der Waals surface area contributed by atoms with Gasteiger partial charge in [0.15, 0.2) is 22.9 Å². The zero-order chi connectivity index (χ0) is 21.2. The third-order valence-corrected chi connectivity index (χ3v) is 4.61. The van der Waals surface area contributed by atoms with Gasteiger partial charge < -0.3 is 10.5 Å². The van der Waals surface area contributed by atoms with Crippen LogP contribution in [0.4, 0.5) is 17.6 Å². The SMILES string of the molecule is CC(CN)CC(C)COc1ccc(-c2ccnc3cc(C(F)(F)F)nn23)cc1F. The van der Waals surface area contributed by atoms with Crippen molar-refractivity contribution in [1.29, 1.82) is 0 Å². The van der Waals surface area contributed by atoms with Crippen molar-refractivity contribution in [2.45, 2.75) is 26.4 Å². The second-order valence-corrected chi connectivity index (χ2v) is 7.27. The number of alkyl halides is 3. The van der Waals surface area contributed by atoms with Crippen molar-refractivity contribution >= 4 is 5.65 Å². The smallest absolute Gasteiger partial charge is 0.435 e. The Kier molecular flexibility index (Phi) is 6.07. The van der Waals surface area contributed by atoms with E-state index in [4.69, 9.17) is 10.5 Å². The summed E-state index contributed by atoms with van der Waals surface area (Å²) in [7, 11) is 0. The fourth-order valence-electron chi connectivity index (χ4n) is 3.11. The normalized spacial score (nSPS) is 14.2. The Bertz CT molecular complexity index is 986. The fourth-order valence-corrected chi connectivity index (χ4v) is 3.11. The molecule has 29 heavy (non-hydrogen) atoms. The molecule has 0 saturated carbocycles. The molecule has 3 rings (SSSR count). The maximum absolute atomic E-state index is 14.5. The molecule has 0 spiro atoms. The Labute approximate surface area is 165 Å². The predicted molar refractivity (Wildman–Crippen MR) is 101 cm³/mol. The number of rotatable bonds is 7. The number of nitrogens with zero attached hydrogens (tertiary/aromatic N) is 3. The van der Waals surface area contributed by atoms with Crippen molar-refractivity contribution in [3.05, 3.63) is 48.0 Å². The van der Waals surface area contributed by atoms with Crippen molar-refractivity contribution in [1.82, 2.24) is 14.6 Å². The molecule has 3 aromatic rings. The molecular weight excluding hydrogens is 388 g/mol. The summed E-state index contributed by atoms with van der Waals surface area (Å²) in [5, 5.41) is 3.57. The molecule has 0 bridgehead atoms. The highest BCUT2D eigenvalue weighted by Gasteiger charge is 2.34. The number of ether oxygens (including phenoxy) is 1. The van der Waals surface area contributed by atoms with Crippen LogP contribution in [0.15, 0.2) is 36.5 Å². The molecule has 2 aromatic heterocycles. The van der Waals surface area contributed by atoms with Gasteiger partial charge in [0, 0.05) is 17.8 Å². The summed E-state index contributed by atoms with van der Waals surface area (Å²) in [6, 6.07) is 6.58. The summed E-state index contributed by atoms with van der Waals surface area (Å²) in [5.41, 5.74) is 5.24. The van der Waals surface area contributed by atoms with Gasteiger partial charge >= 0.3 is 6.18 Å². The van der Waals surface area contributed by atoms with Gasteiger partial charge in [0.05, 0.1) is 12.3 Å². The third kappa shape index (κ3) is 4.84. The van der Waals surface area contributed by atoms with Crippen molar-refractivity contribution in [2.75, 3.05) is 13.2 Å². The van der Waals surface area contributed by atoms with Crippen LogP contribution in [0.2, 0.25) is 0 Å². The Morgan fingerprint density at radius 3 is 2.55 bits per heavy atom. The molecule has 2 atom stereocenters. The summed E-state index contributed by atoms with van der Waals surface area (Å²) in [6.45, 7) is 4.97. The lowest BCUT2D eigenvalue weighted by Crippen LogP contribution is -2.18. The molecule has 0 aliphatic heterocycles. The van der Waals surface area contributed by atoms with Crippen molar-refractivity contribution < 1.29 is 22.3 Å². The first kappa shape index (κ1) is 21.0. The summed E-state index contributed by atoms with van der Waals surface area (Å²) in [5.74, 6) is 0.0420. The van der Waals surface area contributed by atoms with Crippen LogP contribution in [0, 0.1) is 17.7 Å². The number of hydrogen-bond acceptors (Lipinski definition) is 4. The van der Waals surface area contributed by atoms with Gasteiger partial charge in [0.1, 0.15) is 0 Å². The van der Waals surface area contributed by atoms with E-state index in [0.29, 0.717) is 30.3 Å². The molecule has 1 aromatic carbocycles. The monoisotopic (exact) mass is 410 g/mol. The summed E-state index contributed by atoms with van der Waals surface area (Å²) in [4.78, 5) is 3.89. The molecule has 2 N–H and O–H groups in total. The maximum Gasteiger partial charge on any atom is 0.435 e. The molecule has 2 heterocycles. The van der Waals surface area contributed by atoms with Crippen LogP contribution in [0.25, 0.3) is 16.9 Å². The molecule has 0 aliphatic rings. The van der Waals surface area contributed by atoms with Crippen molar-refractivity contribution in [2.24, 2.45) is 17.6 Å². The quantitative estimate of drug-likeness (QED) is 0.580. The first-order valence-electron chi connectivity index (χ1n) is 9.23. The molecule has 156 valence electrons. The largest absolute Gasteiger partial charge is 0.490 e. The van der Waals surface area contributed by atoms with E-state index in [1.54, 1.807) is 6.07 Å². The van der Waals surface area contributed by atoms with E-state index >= 15 is 0 Å². The van der Waals surface area contributed by atoms with E-state index in [9.17, 15) is 17.6 Å². The first-order valence-corrected chi connectivity index (χ1v) is 9.23. The third-order valence-electron chi connectivity index (χ3n) is 4.61. The number of hydrogen-bond donors (Lipinski definition) is 1. The average molecular weight is 410 g/mol. The van der Waals surface area contributed by atoms with Gasteiger partial charge in [-0.3, -0.25) is 0 Å². The highest BCUT2D eigenvalue weighted by atomic mass is 19.4. The van der Waals surface area contributed by atoms with Gasteiger partial charge in [-0.25, -0.2) is 13.9 Å². The van der Waals surface area contributed by atoms with Crippen molar-refractivity contribution in [3.63, 3.8) is 0 Å². The lowest BCUT2D eigenvalue weighted by Gasteiger charge is -2.17. The van der Waals surface area contributed by atoms with Gasteiger partial charge in [0.25, 0.3) is 0 Å². The Morgan fingerprint density at radius 2 is 1.90 bits per heavy atom. The number of fused-ring (bicyclic) bond motifs is 1. The number of halogens is 4. The van der Waals surface area contributed by atoms with E-state index in [-0.39, 0.29) is 17.3 Å². The highest BCUT2D eigenvalue weighted by molar-refractivity contribution is 5.63. The minimum Gasteiger partial charge on any atom is -0.490 e. The lowest BCUT2D eigenvalue weighted by molar-refractivity contribution is -0.141. The van der Waals surface area contributed by atoms with E-state index in [2.05, 4.69) is 10.1 Å². The van der Waals surface area contributed by atoms with Gasteiger partial charge in [-0.1, -0.05) is 13.8 Å². The van der Waals surface area contributed by atoms with E-state index in [1.165, 1.54) is 24.4 Å². The fraction of sp³-hybridized carbons (Fsp3) is 0.400. The molecule has 0 radical (unpaired) electrons. The van der Waals surface area contributed by atoms with E-state index < -0.39 is 17.7 Å². The number of nitrogens with two attached hydrogens (primary N) is 1. The summed E-state index contributed by atoms with van der Waals surface area (Å²) >= 11 is 0. The Hall–Kier alpha value is -2.68. The van der Waals surface area contributed by atoms with Crippen LogP contribution in [0.5, 0.6) is 5.75 Å². The summed E-state index contributed by atoms with van der Waals surface area (Å²) < 4.78 is 60.0. The van der Waals surface area contributed by atoms with Crippen LogP contribution < -0.4 is 10.5 Å². The van der Waals surface area contributed by atoms with Gasteiger partial charge in [-0.2, -0.15) is 18.3 Å². The highest BCUT2D eigenvalue weighted by Crippen LogP contribution is 2.31. The number of aromatic nitrogens is 3. The Morgan fingerprint density at radius 1 is 1.14 bits per heavy atom. The summed E-state index contributed by atoms with van der Waals surface area (Å²) in [6.07, 6.45) is -2.37. The van der Waals surface area contributed by atoms with Crippen LogP contribution in [0.1, 0.15) is 26.0 Å². The molecule has 5 nitrogen and oxygen atoms in total. The van der Waals surface area contributed by atoms with Crippen LogP contribution in [-0.2, 0) is 6.18 Å². The van der Waals surface area contributed by atoms with Crippen LogP contribution >= 0.6 is 0 Å². The molecule has 0 aliphatic carbocycles. The van der Waals surface area contributed by atoms with E-state index in [0.717, 1.165) is 17.0 Å². The maximum atomic E-state index is 14.5. The number of benzene rings is 1. The van der Waals surface area contributed by atoms with Gasteiger partial charge in [0.2, 0.25) is 0 Å². The molecule has 0 saturated heterocycles. The topological polar surface area (TPSA) is 65.4 Å². The predicted octanol–water partition coefficient (Wildman–Crippen LogP) is 4.55. The second kappa shape index (κ2) is 8.36.